The monoisotopic (exact) mass is 167 g/mol. The SMILES string of the molecule is CC(C)(CS)c1cccnc1. The minimum absolute atomic E-state index is 0.136. The van der Waals surface area contributed by atoms with Gasteiger partial charge in [0.1, 0.15) is 0 Å². The highest BCUT2D eigenvalue weighted by atomic mass is 32.1. The van der Waals surface area contributed by atoms with E-state index in [1.54, 1.807) is 6.20 Å². The maximum Gasteiger partial charge on any atom is 0.0305 e. The van der Waals surface area contributed by atoms with Crippen molar-refractivity contribution in [3.8, 4) is 0 Å². The predicted octanol–water partition coefficient (Wildman–Crippen LogP) is 2.29. The minimum atomic E-state index is 0.136. The summed E-state index contributed by atoms with van der Waals surface area (Å²) >= 11 is 4.28. The highest BCUT2D eigenvalue weighted by Gasteiger charge is 2.17. The Morgan fingerprint density at radius 1 is 1.55 bits per heavy atom. The Labute approximate surface area is 73.3 Å². The van der Waals surface area contributed by atoms with E-state index in [4.69, 9.17) is 0 Å². The standard InChI is InChI=1S/C9H13NS/c1-9(2,7-11)8-4-3-5-10-6-8/h3-6,11H,7H2,1-2H3. The summed E-state index contributed by atoms with van der Waals surface area (Å²) in [6.45, 7) is 4.33. The first-order valence-electron chi connectivity index (χ1n) is 3.68. The summed E-state index contributed by atoms with van der Waals surface area (Å²) < 4.78 is 0. The molecule has 0 fully saturated rings. The number of thiol groups is 1. The first-order chi connectivity index (χ1) is 5.17. The van der Waals surface area contributed by atoms with Crippen molar-refractivity contribution in [3.05, 3.63) is 30.1 Å². The van der Waals surface area contributed by atoms with Gasteiger partial charge in [-0.2, -0.15) is 12.6 Å². The highest BCUT2D eigenvalue weighted by molar-refractivity contribution is 7.80. The second-order valence-corrected chi connectivity index (χ2v) is 3.60. The van der Waals surface area contributed by atoms with Crippen LogP contribution in [0.25, 0.3) is 0 Å². The fourth-order valence-electron chi connectivity index (χ4n) is 0.854. The third-order valence-electron chi connectivity index (χ3n) is 1.84. The number of nitrogens with zero attached hydrogens (tertiary/aromatic N) is 1. The molecular weight excluding hydrogens is 154 g/mol. The van der Waals surface area contributed by atoms with Crippen LogP contribution >= 0.6 is 12.6 Å². The molecule has 0 aromatic carbocycles. The van der Waals surface area contributed by atoms with Crippen LogP contribution in [0.15, 0.2) is 24.5 Å². The lowest BCUT2D eigenvalue weighted by Crippen LogP contribution is -2.18. The predicted molar refractivity (Wildman–Crippen MR) is 51.1 cm³/mol. The zero-order valence-corrected chi connectivity index (χ0v) is 7.81. The molecule has 0 radical (unpaired) electrons. The molecular formula is C9H13NS. The van der Waals surface area contributed by atoms with E-state index >= 15 is 0 Å². The van der Waals surface area contributed by atoms with E-state index in [1.165, 1.54) is 5.56 Å². The van der Waals surface area contributed by atoms with Gasteiger partial charge in [0.2, 0.25) is 0 Å². The zero-order valence-electron chi connectivity index (χ0n) is 6.91. The van der Waals surface area contributed by atoms with Crippen LogP contribution in [0, 0.1) is 0 Å². The zero-order chi connectivity index (χ0) is 8.32. The average molecular weight is 167 g/mol. The second-order valence-electron chi connectivity index (χ2n) is 3.28. The molecule has 1 heterocycles. The number of pyridine rings is 1. The van der Waals surface area contributed by atoms with Crippen LogP contribution in [-0.4, -0.2) is 10.7 Å². The van der Waals surface area contributed by atoms with Gasteiger partial charge in [-0.25, -0.2) is 0 Å². The van der Waals surface area contributed by atoms with Gasteiger partial charge >= 0.3 is 0 Å². The van der Waals surface area contributed by atoms with E-state index < -0.39 is 0 Å². The van der Waals surface area contributed by atoms with Crippen LogP contribution in [0.4, 0.5) is 0 Å². The molecule has 0 aliphatic carbocycles. The van der Waals surface area contributed by atoms with E-state index in [1.807, 2.05) is 12.3 Å². The molecule has 1 nitrogen and oxygen atoms in total. The molecule has 60 valence electrons. The third-order valence-corrected chi connectivity index (χ3v) is 2.63. The van der Waals surface area contributed by atoms with E-state index in [0.29, 0.717) is 0 Å². The van der Waals surface area contributed by atoms with Crippen molar-refractivity contribution in [2.75, 3.05) is 5.75 Å². The average Bonchev–Trinajstić information content (AvgIpc) is 2.06. The van der Waals surface area contributed by atoms with E-state index in [0.717, 1.165) is 5.75 Å². The lowest BCUT2D eigenvalue weighted by atomic mass is 9.88. The molecule has 0 spiro atoms. The number of hydrogen-bond donors (Lipinski definition) is 1. The minimum Gasteiger partial charge on any atom is -0.264 e. The fourth-order valence-corrected chi connectivity index (χ4v) is 1.04. The van der Waals surface area contributed by atoms with Gasteiger partial charge in [0, 0.05) is 12.4 Å². The Bertz CT molecular complexity index is 218. The Morgan fingerprint density at radius 2 is 2.27 bits per heavy atom. The molecule has 11 heavy (non-hydrogen) atoms. The van der Waals surface area contributed by atoms with Crippen molar-refractivity contribution in [1.29, 1.82) is 0 Å². The van der Waals surface area contributed by atoms with Crippen molar-refractivity contribution in [2.45, 2.75) is 19.3 Å². The molecule has 0 atom stereocenters. The van der Waals surface area contributed by atoms with Crippen molar-refractivity contribution in [3.63, 3.8) is 0 Å². The number of rotatable bonds is 2. The Hall–Kier alpha value is -0.500. The topological polar surface area (TPSA) is 12.9 Å². The maximum absolute atomic E-state index is 4.28. The van der Waals surface area contributed by atoms with Crippen molar-refractivity contribution in [1.82, 2.24) is 4.98 Å². The van der Waals surface area contributed by atoms with E-state index in [-0.39, 0.29) is 5.41 Å². The van der Waals surface area contributed by atoms with Gasteiger partial charge in [0.05, 0.1) is 0 Å². The van der Waals surface area contributed by atoms with Crippen LogP contribution < -0.4 is 0 Å². The lowest BCUT2D eigenvalue weighted by Gasteiger charge is -2.21. The molecule has 0 saturated heterocycles. The third kappa shape index (κ3) is 1.96. The maximum atomic E-state index is 4.28. The Morgan fingerprint density at radius 3 is 2.73 bits per heavy atom. The van der Waals surface area contributed by atoms with Crippen molar-refractivity contribution in [2.24, 2.45) is 0 Å². The van der Waals surface area contributed by atoms with Gasteiger partial charge in [0.15, 0.2) is 0 Å². The molecule has 0 unspecified atom stereocenters. The summed E-state index contributed by atoms with van der Waals surface area (Å²) in [6, 6.07) is 4.05. The summed E-state index contributed by atoms with van der Waals surface area (Å²) in [5.74, 6) is 0.846. The summed E-state index contributed by atoms with van der Waals surface area (Å²) in [5, 5.41) is 0. The Balaban J connectivity index is 2.93. The normalized spacial score (nSPS) is 11.5. The quantitative estimate of drug-likeness (QED) is 0.667. The largest absolute Gasteiger partial charge is 0.264 e. The fraction of sp³-hybridized carbons (Fsp3) is 0.444. The molecule has 0 aliphatic rings. The molecule has 1 aromatic heterocycles. The van der Waals surface area contributed by atoms with Gasteiger partial charge < -0.3 is 0 Å². The van der Waals surface area contributed by atoms with Crippen LogP contribution in [0.5, 0.6) is 0 Å². The highest BCUT2D eigenvalue weighted by Crippen LogP contribution is 2.22. The summed E-state index contributed by atoms with van der Waals surface area (Å²) in [4.78, 5) is 4.06. The molecule has 2 heteroatoms. The number of aromatic nitrogens is 1. The molecule has 0 N–H and O–H groups in total. The van der Waals surface area contributed by atoms with Gasteiger partial charge in [-0.15, -0.1) is 0 Å². The summed E-state index contributed by atoms with van der Waals surface area (Å²) in [7, 11) is 0. The van der Waals surface area contributed by atoms with Crippen LogP contribution in [-0.2, 0) is 5.41 Å². The van der Waals surface area contributed by atoms with E-state index in [9.17, 15) is 0 Å². The second kappa shape index (κ2) is 3.26. The van der Waals surface area contributed by atoms with Gasteiger partial charge in [0.25, 0.3) is 0 Å². The van der Waals surface area contributed by atoms with Crippen LogP contribution in [0.1, 0.15) is 19.4 Å². The molecule has 0 amide bonds. The number of hydrogen-bond acceptors (Lipinski definition) is 2. The Kier molecular flexibility index (Phi) is 2.55. The first kappa shape index (κ1) is 8.60. The molecule has 1 rings (SSSR count). The summed E-state index contributed by atoms with van der Waals surface area (Å²) in [6.07, 6.45) is 3.69. The van der Waals surface area contributed by atoms with E-state index in [2.05, 4.69) is 37.5 Å². The summed E-state index contributed by atoms with van der Waals surface area (Å²) in [5.41, 5.74) is 1.38. The molecule has 1 aromatic rings. The van der Waals surface area contributed by atoms with Crippen LogP contribution in [0.3, 0.4) is 0 Å². The molecule has 0 aliphatic heterocycles. The van der Waals surface area contributed by atoms with Gasteiger partial charge in [-0.3, -0.25) is 4.98 Å². The van der Waals surface area contributed by atoms with Gasteiger partial charge in [-0.05, 0) is 22.8 Å². The van der Waals surface area contributed by atoms with Crippen molar-refractivity contribution >= 4 is 12.6 Å². The first-order valence-corrected chi connectivity index (χ1v) is 4.31. The van der Waals surface area contributed by atoms with Gasteiger partial charge in [-0.1, -0.05) is 19.9 Å². The van der Waals surface area contributed by atoms with Crippen LogP contribution in [0.2, 0.25) is 0 Å². The van der Waals surface area contributed by atoms with Crippen molar-refractivity contribution < 1.29 is 0 Å². The smallest absolute Gasteiger partial charge is 0.0305 e. The molecule has 0 bridgehead atoms. The lowest BCUT2D eigenvalue weighted by molar-refractivity contribution is 0.601. The molecule has 0 saturated carbocycles.